The second kappa shape index (κ2) is 6.90. The summed E-state index contributed by atoms with van der Waals surface area (Å²) in [6.07, 6.45) is 1.62. The number of hydrogen-bond acceptors (Lipinski definition) is 6. The summed E-state index contributed by atoms with van der Waals surface area (Å²) in [5, 5.41) is 3.84. The predicted molar refractivity (Wildman–Crippen MR) is 86.5 cm³/mol. The minimum absolute atomic E-state index is 0.0327. The zero-order valence-electron chi connectivity index (χ0n) is 14.1. The smallest absolute Gasteiger partial charge is 0.257 e. The van der Waals surface area contributed by atoms with Crippen LogP contribution in [0.15, 0.2) is 22.7 Å². The molecule has 0 spiro atoms. The van der Waals surface area contributed by atoms with Gasteiger partial charge in [0.15, 0.2) is 5.82 Å². The van der Waals surface area contributed by atoms with Gasteiger partial charge in [-0.2, -0.15) is 4.98 Å². The summed E-state index contributed by atoms with van der Waals surface area (Å²) in [4.78, 5) is 18.9. The lowest BCUT2D eigenvalue weighted by atomic mass is 9.96. The molecular weight excluding hydrogens is 310 g/mol. The molecule has 1 aliphatic heterocycles. The van der Waals surface area contributed by atoms with Gasteiger partial charge in [0.1, 0.15) is 11.5 Å². The number of hydrogen-bond donors (Lipinski definition) is 0. The van der Waals surface area contributed by atoms with Crippen molar-refractivity contribution in [3.8, 4) is 11.5 Å². The number of methoxy groups -OCH3 is 2. The van der Waals surface area contributed by atoms with E-state index in [0.29, 0.717) is 41.9 Å². The minimum Gasteiger partial charge on any atom is -0.497 e. The predicted octanol–water partition coefficient (Wildman–Crippen LogP) is 2.42. The van der Waals surface area contributed by atoms with Gasteiger partial charge in [-0.25, -0.2) is 0 Å². The van der Waals surface area contributed by atoms with E-state index in [4.69, 9.17) is 14.0 Å². The van der Waals surface area contributed by atoms with Crippen molar-refractivity contribution in [3.05, 3.63) is 35.5 Å². The van der Waals surface area contributed by atoms with Crippen LogP contribution in [0.25, 0.3) is 0 Å². The van der Waals surface area contributed by atoms with Crippen molar-refractivity contribution in [1.82, 2.24) is 15.0 Å². The molecule has 0 saturated carbocycles. The van der Waals surface area contributed by atoms with E-state index in [1.54, 1.807) is 32.4 Å². The van der Waals surface area contributed by atoms with Crippen LogP contribution in [0.1, 0.15) is 40.8 Å². The topological polar surface area (TPSA) is 77.7 Å². The van der Waals surface area contributed by atoms with E-state index in [-0.39, 0.29) is 11.8 Å². The van der Waals surface area contributed by atoms with E-state index in [0.717, 1.165) is 12.8 Å². The van der Waals surface area contributed by atoms with Crippen LogP contribution in [0.2, 0.25) is 0 Å². The van der Waals surface area contributed by atoms with Crippen LogP contribution in [0, 0.1) is 6.92 Å². The average Bonchev–Trinajstić information content (AvgIpc) is 3.07. The fourth-order valence-corrected chi connectivity index (χ4v) is 2.95. The molecule has 0 N–H and O–H groups in total. The van der Waals surface area contributed by atoms with Crippen LogP contribution in [-0.4, -0.2) is 48.3 Å². The number of carbonyl (C=O) groups excluding carboxylic acids is 1. The molecule has 1 aliphatic rings. The second-order valence-corrected chi connectivity index (χ2v) is 5.81. The summed E-state index contributed by atoms with van der Waals surface area (Å²) in [6.45, 7) is 3.11. The highest BCUT2D eigenvalue weighted by atomic mass is 16.5. The molecule has 2 heterocycles. The highest BCUT2D eigenvalue weighted by Gasteiger charge is 2.28. The van der Waals surface area contributed by atoms with Crippen molar-refractivity contribution in [1.29, 1.82) is 0 Å². The van der Waals surface area contributed by atoms with E-state index in [1.807, 2.05) is 11.8 Å². The van der Waals surface area contributed by atoms with E-state index in [9.17, 15) is 4.79 Å². The fraction of sp³-hybridized carbons (Fsp3) is 0.471. The number of aromatic nitrogens is 2. The van der Waals surface area contributed by atoms with Gasteiger partial charge in [0, 0.05) is 25.1 Å². The van der Waals surface area contributed by atoms with Crippen LogP contribution < -0.4 is 9.47 Å². The summed E-state index contributed by atoms with van der Waals surface area (Å²) in [7, 11) is 3.13. The van der Waals surface area contributed by atoms with Crippen LogP contribution in [0.4, 0.5) is 0 Å². The SMILES string of the molecule is COc1ccc(C(=O)N2CCC(c3nc(C)no3)CC2)c(OC)c1. The van der Waals surface area contributed by atoms with Gasteiger partial charge in [-0.05, 0) is 31.9 Å². The molecule has 0 radical (unpaired) electrons. The Bertz CT molecular complexity index is 720. The summed E-state index contributed by atoms with van der Waals surface area (Å²) in [5.41, 5.74) is 0.547. The molecule has 0 unspecified atom stereocenters. The molecule has 1 aromatic carbocycles. The molecule has 0 atom stereocenters. The lowest BCUT2D eigenvalue weighted by Gasteiger charge is -2.30. The maximum absolute atomic E-state index is 12.8. The molecule has 24 heavy (non-hydrogen) atoms. The molecule has 1 amide bonds. The molecule has 7 heteroatoms. The minimum atomic E-state index is -0.0327. The second-order valence-electron chi connectivity index (χ2n) is 5.81. The van der Waals surface area contributed by atoms with E-state index in [2.05, 4.69) is 10.1 Å². The Hall–Kier alpha value is -2.57. The van der Waals surface area contributed by atoms with Crippen LogP contribution in [-0.2, 0) is 0 Å². The first-order valence-corrected chi connectivity index (χ1v) is 7.94. The van der Waals surface area contributed by atoms with E-state index < -0.39 is 0 Å². The Kier molecular flexibility index (Phi) is 4.69. The van der Waals surface area contributed by atoms with Crippen LogP contribution in [0.5, 0.6) is 11.5 Å². The molecule has 2 aromatic rings. The third kappa shape index (κ3) is 3.20. The number of benzene rings is 1. The normalized spacial score (nSPS) is 15.4. The van der Waals surface area contributed by atoms with Crippen molar-refractivity contribution in [2.75, 3.05) is 27.3 Å². The van der Waals surface area contributed by atoms with Gasteiger partial charge in [-0.3, -0.25) is 4.79 Å². The molecular formula is C17H21N3O4. The largest absolute Gasteiger partial charge is 0.497 e. The van der Waals surface area contributed by atoms with Gasteiger partial charge in [-0.1, -0.05) is 5.16 Å². The van der Waals surface area contributed by atoms with Crippen molar-refractivity contribution >= 4 is 5.91 Å². The fourth-order valence-electron chi connectivity index (χ4n) is 2.95. The highest BCUT2D eigenvalue weighted by Crippen LogP contribution is 2.30. The molecule has 128 valence electrons. The zero-order chi connectivity index (χ0) is 17.1. The molecule has 0 aliphatic carbocycles. The molecule has 7 nitrogen and oxygen atoms in total. The number of ether oxygens (including phenoxy) is 2. The summed E-state index contributed by atoms with van der Waals surface area (Å²) in [6, 6.07) is 5.23. The van der Waals surface area contributed by atoms with Gasteiger partial charge in [0.25, 0.3) is 5.91 Å². The Morgan fingerprint density at radius 3 is 2.58 bits per heavy atom. The third-order valence-corrected chi connectivity index (χ3v) is 4.31. The van der Waals surface area contributed by atoms with Gasteiger partial charge in [-0.15, -0.1) is 0 Å². The first kappa shape index (κ1) is 16.3. The number of likely N-dealkylation sites (tertiary alicyclic amines) is 1. The van der Waals surface area contributed by atoms with Crippen LogP contribution >= 0.6 is 0 Å². The first-order chi connectivity index (χ1) is 11.6. The Morgan fingerprint density at radius 2 is 2.00 bits per heavy atom. The van der Waals surface area contributed by atoms with Crippen LogP contribution in [0.3, 0.4) is 0 Å². The van der Waals surface area contributed by atoms with Crippen molar-refractivity contribution in [2.45, 2.75) is 25.7 Å². The lowest BCUT2D eigenvalue weighted by Crippen LogP contribution is -2.38. The molecule has 1 saturated heterocycles. The highest BCUT2D eigenvalue weighted by molar-refractivity contribution is 5.97. The first-order valence-electron chi connectivity index (χ1n) is 7.94. The maximum Gasteiger partial charge on any atom is 0.257 e. The maximum atomic E-state index is 12.8. The monoisotopic (exact) mass is 331 g/mol. The average molecular weight is 331 g/mol. The summed E-state index contributed by atoms with van der Waals surface area (Å²) < 4.78 is 15.8. The van der Waals surface area contributed by atoms with Gasteiger partial charge < -0.3 is 18.9 Å². The number of rotatable bonds is 4. The van der Waals surface area contributed by atoms with Crippen molar-refractivity contribution < 1.29 is 18.8 Å². The van der Waals surface area contributed by atoms with Crippen molar-refractivity contribution in [3.63, 3.8) is 0 Å². The number of amides is 1. The Labute approximate surface area is 140 Å². The third-order valence-electron chi connectivity index (χ3n) is 4.31. The summed E-state index contributed by atoms with van der Waals surface area (Å²) >= 11 is 0. The number of carbonyl (C=O) groups is 1. The number of aryl methyl sites for hydroxylation is 1. The van der Waals surface area contributed by atoms with Gasteiger partial charge in [0.2, 0.25) is 5.89 Å². The van der Waals surface area contributed by atoms with Crippen molar-refractivity contribution in [2.24, 2.45) is 0 Å². The van der Waals surface area contributed by atoms with E-state index >= 15 is 0 Å². The van der Waals surface area contributed by atoms with Gasteiger partial charge >= 0.3 is 0 Å². The van der Waals surface area contributed by atoms with Gasteiger partial charge in [0.05, 0.1) is 19.8 Å². The Morgan fingerprint density at radius 1 is 1.25 bits per heavy atom. The number of nitrogens with zero attached hydrogens (tertiary/aromatic N) is 3. The molecule has 3 rings (SSSR count). The zero-order valence-corrected chi connectivity index (χ0v) is 14.1. The standard InChI is InChI=1S/C17H21N3O4/c1-11-18-16(24-19-11)12-6-8-20(9-7-12)17(21)14-5-4-13(22-2)10-15(14)23-3/h4-5,10,12H,6-9H2,1-3H3. The molecule has 1 fully saturated rings. The molecule has 1 aromatic heterocycles. The quantitative estimate of drug-likeness (QED) is 0.856. The lowest BCUT2D eigenvalue weighted by molar-refractivity contribution is 0.0701. The Balaban J connectivity index is 1.69. The molecule has 0 bridgehead atoms. The number of piperidine rings is 1. The van der Waals surface area contributed by atoms with E-state index in [1.165, 1.54) is 0 Å². The summed E-state index contributed by atoms with van der Waals surface area (Å²) in [5.74, 6) is 2.68.